The summed E-state index contributed by atoms with van der Waals surface area (Å²) >= 11 is 0. The minimum Gasteiger partial charge on any atom is -0.385 e. The topological polar surface area (TPSA) is 55.2 Å². The van der Waals surface area contributed by atoms with E-state index >= 15 is 0 Å². The number of nitrogens with one attached hydrogen (secondary N) is 1. The Labute approximate surface area is 121 Å². The molecule has 118 valence electrons. The first-order valence-electron chi connectivity index (χ1n) is 6.95. The fourth-order valence-electron chi connectivity index (χ4n) is 1.99. The second kappa shape index (κ2) is 7.85. The molecule has 21 heavy (non-hydrogen) atoms. The summed E-state index contributed by atoms with van der Waals surface area (Å²) in [5, 5.41) is 13.5. The second-order valence-electron chi connectivity index (χ2n) is 4.83. The van der Waals surface area contributed by atoms with E-state index in [1.165, 1.54) is 6.07 Å². The first-order valence-corrected chi connectivity index (χ1v) is 6.95. The van der Waals surface area contributed by atoms with Crippen molar-refractivity contribution in [1.82, 2.24) is 0 Å². The summed E-state index contributed by atoms with van der Waals surface area (Å²) < 4.78 is 38.4. The molecule has 7 heteroatoms. The largest absolute Gasteiger partial charge is 0.423 e. The first kappa shape index (κ1) is 17.3. The lowest BCUT2D eigenvalue weighted by Crippen LogP contribution is -2.10. The van der Waals surface area contributed by atoms with Gasteiger partial charge in [0.05, 0.1) is 4.92 Å². The molecule has 0 aliphatic heterocycles. The van der Waals surface area contributed by atoms with Crippen molar-refractivity contribution in [2.24, 2.45) is 0 Å². The Morgan fingerprint density at radius 1 is 1.19 bits per heavy atom. The Bertz CT molecular complexity index is 476. The molecule has 1 rings (SSSR count). The SMILES string of the molecule is CCCCCCCNc1ccc([N+](=O)[O-])c(C(F)(F)F)c1. The van der Waals surface area contributed by atoms with E-state index < -0.39 is 22.4 Å². The van der Waals surface area contributed by atoms with E-state index in [0.29, 0.717) is 6.54 Å². The molecule has 0 saturated carbocycles. The van der Waals surface area contributed by atoms with Gasteiger partial charge in [0, 0.05) is 18.3 Å². The number of halogens is 3. The van der Waals surface area contributed by atoms with Crippen LogP contribution in [0.2, 0.25) is 0 Å². The van der Waals surface area contributed by atoms with Crippen molar-refractivity contribution in [3.8, 4) is 0 Å². The Morgan fingerprint density at radius 3 is 2.43 bits per heavy atom. The number of hydrogen-bond donors (Lipinski definition) is 1. The van der Waals surface area contributed by atoms with Crippen molar-refractivity contribution in [3.05, 3.63) is 33.9 Å². The van der Waals surface area contributed by atoms with Crippen LogP contribution < -0.4 is 5.32 Å². The van der Waals surface area contributed by atoms with Crippen molar-refractivity contribution in [2.75, 3.05) is 11.9 Å². The second-order valence-corrected chi connectivity index (χ2v) is 4.83. The molecular formula is C14H19F3N2O2. The van der Waals surface area contributed by atoms with Crippen LogP contribution in [0.15, 0.2) is 18.2 Å². The number of nitro groups is 1. The molecule has 0 aromatic heterocycles. The molecule has 4 nitrogen and oxygen atoms in total. The highest BCUT2D eigenvalue weighted by atomic mass is 19.4. The summed E-state index contributed by atoms with van der Waals surface area (Å²) in [6, 6.07) is 2.99. The van der Waals surface area contributed by atoms with Gasteiger partial charge < -0.3 is 5.32 Å². The van der Waals surface area contributed by atoms with Crippen LogP contribution in [0.5, 0.6) is 0 Å². The van der Waals surface area contributed by atoms with Gasteiger partial charge in [-0.25, -0.2) is 0 Å². The molecule has 0 unspecified atom stereocenters. The van der Waals surface area contributed by atoms with E-state index in [2.05, 4.69) is 12.2 Å². The number of unbranched alkanes of at least 4 members (excludes halogenated alkanes) is 4. The minimum atomic E-state index is -4.73. The number of alkyl halides is 3. The predicted molar refractivity (Wildman–Crippen MR) is 75.3 cm³/mol. The van der Waals surface area contributed by atoms with Gasteiger partial charge in [-0.3, -0.25) is 10.1 Å². The fourth-order valence-corrected chi connectivity index (χ4v) is 1.99. The van der Waals surface area contributed by atoms with Crippen LogP contribution in [0, 0.1) is 10.1 Å². The summed E-state index contributed by atoms with van der Waals surface area (Å²) in [5.41, 5.74) is -1.89. The van der Waals surface area contributed by atoms with Crippen LogP contribution >= 0.6 is 0 Å². The molecule has 0 heterocycles. The Hall–Kier alpha value is -1.79. The van der Waals surface area contributed by atoms with Gasteiger partial charge in [0.1, 0.15) is 5.56 Å². The van der Waals surface area contributed by atoms with Gasteiger partial charge in [0.2, 0.25) is 0 Å². The van der Waals surface area contributed by atoms with Crippen LogP contribution in [0.3, 0.4) is 0 Å². The van der Waals surface area contributed by atoms with Crippen LogP contribution in [0.1, 0.15) is 44.6 Å². The molecule has 0 amide bonds. The minimum absolute atomic E-state index is 0.253. The molecule has 1 aromatic rings. The average Bonchev–Trinajstić information content (AvgIpc) is 2.41. The quantitative estimate of drug-likeness (QED) is 0.418. The Kier molecular flexibility index (Phi) is 6.45. The van der Waals surface area contributed by atoms with Crippen LogP contribution in [0.4, 0.5) is 24.5 Å². The smallest absolute Gasteiger partial charge is 0.385 e. The van der Waals surface area contributed by atoms with Crippen LogP contribution in [0.25, 0.3) is 0 Å². The molecule has 1 aromatic carbocycles. The van der Waals surface area contributed by atoms with Gasteiger partial charge in [-0.2, -0.15) is 13.2 Å². The third kappa shape index (κ3) is 5.61. The van der Waals surface area contributed by atoms with E-state index in [9.17, 15) is 23.3 Å². The summed E-state index contributed by atoms with van der Waals surface area (Å²) in [6.07, 6.45) is 0.520. The lowest BCUT2D eigenvalue weighted by Gasteiger charge is -2.11. The highest BCUT2D eigenvalue weighted by Crippen LogP contribution is 2.37. The van der Waals surface area contributed by atoms with Crippen molar-refractivity contribution in [1.29, 1.82) is 0 Å². The van der Waals surface area contributed by atoms with Crippen LogP contribution in [-0.4, -0.2) is 11.5 Å². The van der Waals surface area contributed by atoms with Gasteiger partial charge in [0.25, 0.3) is 5.69 Å². The zero-order valence-corrected chi connectivity index (χ0v) is 11.9. The number of hydrogen-bond acceptors (Lipinski definition) is 3. The third-order valence-corrected chi connectivity index (χ3v) is 3.11. The summed E-state index contributed by atoms with van der Waals surface area (Å²) in [6.45, 7) is 2.66. The van der Waals surface area contributed by atoms with Gasteiger partial charge >= 0.3 is 6.18 Å². The molecule has 0 saturated heterocycles. The zero-order valence-electron chi connectivity index (χ0n) is 11.9. The van der Waals surface area contributed by atoms with Crippen molar-refractivity contribution in [2.45, 2.75) is 45.2 Å². The van der Waals surface area contributed by atoms with E-state index in [-0.39, 0.29) is 5.69 Å². The summed E-state index contributed by atoms with van der Waals surface area (Å²) in [5.74, 6) is 0. The van der Waals surface area contributed by atoms with E-state index in [1.54, 1.807) is 0 Å². The standard InChI is InChI=1S/C14H19F3N2O2/c1-2-3-4-5-6-9-18-11-7-8-13(19(20)21)12(10-11)14(15,16)17/h7-8,10,18H,2-6,9H2,1H3. The van der Waals surface area contributed by atoms with Crippen molar-refractivity contribution in [3.63, 3.8) is 0 Å². The maximum absolute atomic E-state index is 12.8. The fraction of sp³-hybridized carbons (Fsp3) is 0.571. The molecule has 0 fully saturated rings. The van der Waals surface area contributed by atoms with Crippen molar-refractivity contribution < 1.29 is 18.1 Å². The van der Waals surface area contributed by atoms with Crippen molar-refractivity contribution >= 4 is 11.4 Å². The van der Waals surface area contributed by atoms with Gasteiger partial charge in [-0.05, 0) is 18.6 Å². The van der Waals surface area contributed by atoms with Crippen LogP contribution in [-0.2, 0) is 6.18 Å². The molecule has 0 radical (unpaired) electrons. The molecule has 0 spiro atoms. The number of benzene rings is 1. The van der Waals surface area contributed by atoms with Gasteiger partial charge in [-0.1, -0.05) is 32.6 Å². The number of nitro benzene ring substituents is 1. The molecular weight excluding hydrogens is 285 g/mol. The highest BCUT2D eigenvalue weighted by molar-refractivity contribution is 5.55. The number of rotatable bonds is 8. The van der Waals surface area contributed by atoms with E-state index in [0.717, 1.165) is 44.2 Å². The monoisotopic (exact) mass is 304 g/mol. The Balaban J connectivity index is 2.66. The Morgan fingerprint density at radius 2 is 1.86 bits per heavy atom. The third-order valence-electron chi connectivity index (χ3n) is 3.11. The lowest BCUT2D eigenvalue weighted by molar-refractivity contribution is -0.388. The molecule has 0 aliphatic rings. The van der Waals surface area contributed by atoms with Gasteiger partial charge in [0.15, 0.2) is 0 Å². The molecule has 1 N–H and O–H groups in total. The average molecular weight is 304 g/mol. The highest BCUT2D eigenvalue weighted by Gasteiger charge is 2.38. The van der Waals surface area contributed by atoms with E-state index in [4.69, 9.17) is 0 Å². The van der Waals surface area contributed by atoms with E-state index in [1.807, 2.05) is 0 Å². The first-order chi connectivity index (χ1) is 9.86. The normalized spacial score (nSPS) is 11.4. The molecule has 0 bridgehead atoms. The maximum Gasteiger partial charge on any atom is 0.423 e. The molecule has 0 atom stereocenters. The lowest BCUT2D eigenvalue weighted by atomic mass is 10.1. The number of anilines is 1. The van der Waals surface area contributed by atoms with Gasteiger partial charge in [-0.15, -0.1) is 0 Å². The predicted octanol–water partition coefficient (Wildman–Crippen LogP) is 5.00. The molecule has 0 aliphatic carbocycles. The summed E-state index contributed by atoms with van der Waals surface area (Å²) in [7, 11) is 0. The maximum atomic E-state index is 12.8. The number of nitrogens with zero attached hydrogens (tertiary/aromatic N) is 1. The summed E-state index contributed by atoms with van der Waals surface area (Å²) in [4.78, 5) is 9.61. The zero-order chi connectivity index (χ0) is 15.9.